The van der Waals surface area contributed by atoms with E-state index in [1.807, 2.05) is 32.2 Å². The van der Waals surface area contributed by atoms with Crippen LogP contribution < -0.4 is 10.2 Å². The van der Waals surface area contributed by atoms with Crippen LogP contribution in [0.15, 0.2) is 36.4 Å². The molecule has 21 heavy (non-hydrogen) atoms. The predicted octanol–water partition coefficient (Wildman–Crippen LogP) is 2.23. The molecule has 1 atom stereocenters. The number of likely N-dealkylation sites (N-methyl/N-ethyl adjacent to an activating group) is 1. The van der Waals surface area contributed by atoms with E-state index in [9.17, 15) is 4.79 Å². The maximum Gasteiger partial charge on any atom is 0.271 e. The van der Waals surface area contributed by atoms with Crippen LogP contribution in [-0.4, -0.2) is 35.7 Å². The number of H-pyrrole nitrogens is 1. The Kier molecular flexibility index (Phi) is 4.98. The van der Waals surface area contributed by atoms with E-state index in [2.05, 4.69) is 39.5 Å². The molecule has 0 saturated carbocycles. The first-order chi connectivity index (χ1) is 10.1. The highest BCUT2D eigenvalue weighted by atomic mass is 16.1. The quantitative estimate of drug-likeness (QED) is 0.856. The van der Waals surface area contributed by atoms with Gasteiger partial charge >= 0.3 is 0 Å². The summed E-state index contributed by atoms with van der Waals surface area (Å²) in [5, 5.41) is 9.79. The van der Waals surface area contributed by atoms with Gasteiger partial charge in [-0.3, -0.25) is 9.89 Å². The van der Waals surface area contributed by atoms with Crippen molar-refractivity contribution >= 4 is 11.6 Å². The van der Waals surface area contributed by atoms with E-state index < -0.39 is 0 Å². The van der Waals surface area contributed by atoms with Gasteiger partial charge in [0.05, 0.1) is 0 Å². The maximum atomic E-state index is 12.0. The van der Waals surface area contributed by atoms with Gasteiger partial charge in [-0.15, -0.1) is 0 Å². The van der Waals surface area contributed by atoms with E-state index in [-0.39, 0.29) is 11.9 Å². The number of anilines is 1. The van der Waals surface area contributed by atoms with E-state index in [4.69, 9.17) is 0 Å². The number of aryl methyl sites for hydroxylation is 1. The third-order valence-corrected chi connectivity index (χ3v) is 3.63. The highest BCUT2D eigenvalue weighted by Crippen LogP contribution is 2.13. The molecule has 5 heteroatoms. The molecular formula is C16H22N4O. The van der Waals surface area contributed by atoms with Crippen LogP contribution in [0.2, 0.25) is 0 Å². The van der Waals surface area contributed by atoms with Crippen molar-refractivity contribution in [2.75, 3.05) is 18.5 Å². The molecule has 2 N–H and O–H groups in total. The second kappa shape index (κ2) is 6.92. The van der Waals surface area contributed by atoms with E-state index in [0.29, 0.717) is 12.2 Å². The zero-order valence-electron chi connectivity index (χ0n) is 12.8. The number of hydrogen-bond acceptors (Lipinski definition) is 3. The van der Waals surface area contributed by atoms with Crippen LogP contribution in [0, 0.1) is 0 Å². The SMILES string of the molecule is CCc1cc(C(=O)NCC(C)N(C)c2ccccc2)n[nH]1. The van der Waals surface area contributed by atoms with Crippen LogP contribution in [0.5, 0.6) is 0 Å². The number of hydrogen-bond donors (Lipinski definition) is 2. The summed E-state index contributed by atoms with van der Waals surface area (Å²) in [5.74, 6) is -0.140. The van der Waals surface area contributed by atoms with Gasteiger partial charge in [-0.25, -0.2) is 0 Å². The molecular weight excluding hydrogens is 264 g/mol. The largest absolute Gasteiger partial charge is 0.370 e. The highest BCUT2D eigenvalue weighted by Gasteiger charge is 2.14. The lowest BCUT2D eigenvalue weighted by Gasteiger charge is -2.27. The van der Waals surface area contributed by atoms with Gasteiger partial charge in [0.25, 0.3) is 5.91 Å². The van der Waals surface area contributed by atoms with E-state index in [1.165, 1.54) is 0 Å². The average Bonchev–Trinajstić information content (AvgIpc) is 3.01. The van der Waals surface area contributed by atoms with Gasteiger partial charge in [0.2, 0.25) is 0 Å². The lowest BCUT2D eigenvalue weighted by molar-refractivity contribution is 0.0946. The molecule has 0 fully saturated rings. The first-order valence-electron chi connectivity index (χ1n) is 7.22. The van der Waals surface area contributed by atoms with E-state index in [0.717, 1.165) is 17.8 Å². The molecule has 1 aromatic heterocycles. The van der Waals surface area contributed by atoms with Crippen LogP contribution in [-0.2, 0) is 6.42 Å². The Hall–Kier alpha value is -2.30. The molecule has 5 nitrogen and oxygen atoms in total. The predicted molar refractivity (Wildman–Crippen MR) is 84.6 cm³/mol. The van der Waals surface area contributed by atoms with Crippen molar-refractivity contribution in [3.05, 3.63) is 47.8 Å². The minimum atomic E-state index is -0.140. The van der Waals surface area contributed by atoms with Crippen LogP contribution >= 0.6 is 0 Å². The Morgan fingerprint density at radius 1 is 1.38 bits per heavy atom. The monoisotopic (exact) mass is 286 g/mol. The number of carbonyl (C=O) groups excluding carboxylic acids is 1. The standard InChI is InChI=1S/C16H22N4O/c1-4-13-10-15(19-18-13)16(21)17-11-12(2)20(3)14-8-6-5-7-9-14/h5-10,12H,4,11H2,1-3H3,(H,17,21)(H,18,19). The normalized spacial score (nSPS) is 12.0. The van der Waals surface area contributed by atoms with E-state index >= 15 is 0 Å². The van der Waals surface area contributed by atoms with Crippen molar-refractivity contribution in [2.24, 2.45) is 0 Å². The molecule has 0 aliphatic carbocycles. The average molecular weight is 286 g/mol. The molecule has 2 rings (SSSR count). The Balaban J connectivity index is 1.88. The number of amides is 1. The lowest BCUT2D eigenvalue weighted by atomic mass is 10.2. The zero-order chi connectivity index (χ0) is 15.2. The van der Waals surface area contributed by atoms with Crippen LogP contribution in [0.25, 0.3) is 0 Å². The second-order valence-electron chi connectivity index (χ2n) is 5.14. The maximum absolute atomic E-state index is 12.0. The summed E-state index contributed by atoms with van der Waals surface area (Å²) in [4.78, 5) is 14.2. The molecule has 0 aliphatic rings. The summed E-state index contributed by atoms with van der Waals surface area (Å²) in [7, 11) is 2.02. The number of benzene rings is 1. The van der Waals surface area contributed by atoms with Crippen LogP contribution in [0.1, 0.15) is 30.0 Å². The molecule has 0 radical (unpaired) electrons. The number of aromatic amines is 1. The van der Waals surface area contributed by atoms with Gasteiger partial charge in [0.1, 0.15) is 5.69 Å². The third kappa shape index (κ3) is 3.84. The summed E-state index contributed by atoms with van der Waals surface area (Å²) >= 11 is 0. The van der Waals surface area contributed by atoms with Crippen LogP contribution in [0.3, 0.4) is 0 Å². The van der Waals surface area contributed by atoms with Crippen molar-refractivity contribution in [3.63, 3.8) is 0 Å². The smallest absolute Gasteiger partial charge is 0.271 e. The van der Waals surface area contributed by atoms with E-state index in [1.54, 1.807) is 6.07 Å². The number of nitrogens with zero attached hydrogens (tertiary/aromatic N) is 2. The minimum Gasteiger partial charge on any atom is -0.370 e. The lowest BCUT2D eigenvalue weighted by Crippen LogP contribution is -2.40. The van der Waals surface area contributed by atoms with Crippen LogP contribution in [0.4, 0.5) is 5.69 Å². The van der Waals surface area contributed by atoms with Gasteiger partial charge in [0, 0.05) is 31.0 Å². The van der Waals surface area contributed by atoms with Crippen molar-refractivity contribution in [2.45, 2.75) is 26.3 Å². The molecule has 0 bridgehead atoms. The summed E-state index contributed by atoms with van der Waals surface area (Å²) in [6.45, 7) is 4.67. The fourth-order valence-electron chi connectivity index (χ4n) is 2.04. The first kappa shape index (κ1) is 15.1. The number of carbonyl (C=O) groups is 1. The Bertz CT molecular complexity index is 579. The van der Waals surface area contributed by atoms with Crippen molar-refractivity contribution in [1.82, 2.24) is 15.5 Å². The van der Waals surface area contributed by atoms with Gasteiger partial charge in [0.15, 0.2) is 0 Å². The first-order valence-corrected chi connectivity index (χ1v) is 7.22. The molecule has 1 unspecified atom stereocenters. The molecule has 0 saturated heterocycles. The molecule has 112 valence electrons. The molecule has 1 aromatic carbocycles. The summed E-state index contributed by atoms with van der Waals surface area (Å²) in [6.07, 6.45) is 0.841. The third-order valence-electron chi connectivity index (χ3n) is 3.63. The Labute approximate surface area is 125 Å². The van der Waals surface area contributed by atoms with Crippen molar-refractivity contribution in [3.8, 4) is 0 Å². The molecule has 1 amide bonds. The zero-order valence-corrected chi connectivity index (χ0v) is 12.8. The Morgan fingerprint density at radius 2 is 2.10 bits per heavy atom. The number of aromatic nitrogens is 2. The fraction of sp³-hybridized carbons (Fsp3) is 0.375. The van der Waals surface area contributed by atoms with Crippen molar-refractivity contribution in [1.29, 1.82) is 0 Å². The van der Waals surface area contributed by atoms with Crippen molar-refractivity contribution < 1.29 is 4.79 Å². The molecule has 0 aliphatic heterocycles. The number of nitrogens with one attached hydrogen (secondary N) is 2. The Morgan fingerprint density at radius 3 is 2.71 bits per heavy atom. The second-order valence-corrected chi connectivity index (χ2v) is 5.14. The van der Waals surface area contributed by atoms with Gasteiger partial charge in [-0.05, 0) is 31.5 Å². The molecule has 1 heterocycles. The van der Waals surface area contributed by atoms with Gasteiger partial charge in [-0.2, -0.15) is 5.10 Å². The summed E-state index contributed by atoms with van der Waals surface area (Å²) in [5.41, 5.74) is 2.54. The minimum absolute atomic E-state index is 0.140. The molecule has 0 spiro atoms. The number of para-hydroxylation sites is 1. The van der Waals surface area contributed by atoms with Gasteiger partial charge < -0.3 is 10.2 Å². The fourth-order valence-corrected chi connectivity index (χ4v) is 2.04. The topological polar surface area (TPSA) is 61.0 Å². The summed E-state index contributed by atoms with van der Waals surface area (Å²) in [6, 6.07) is 12.1. The summed E-state index contributed by atoms with van der Waals surface area (Å²) < 4.78 is 0. The number of rotatable bonds is 6. The van der Waals surface area contributed by atoms with Gasteiger partial charge in [-0.1, -0.05) is 25.1 Å². The highest BCUT2D eigenvalue weighted by molar-refractivity contribution is 5.92. The molecule has 2 aromatic rings.